The van der Waals surface area contributed by atoms with Gasteiger partial charge in [-0.2, -0.15) is 0 Å². The topological polar surface area (TPSA) is 89.3 Å². The fourth-order valence-corrected chi connectivity index (χ4v) is 1.96. The van der Waals surface area contributed by atoms with Crippen LogP contribution in [0, 0.1) is 0 Å². The molecule has 2 amide bonds. The van der Waals surface area contributed by atoms with Gasteiger partial charge in [-0.25, -0.2) is 0 Å². The van der Waals surface area contributed by atoms with E-state index in [1.54, 1.807) is 24.3 Å². The molecule has 1 fully saturated rings. The number of carbonyl (C=O) groups excluding carboxylic acids is 3. The van der Waals surface area contributed by atoms with Crippen LogP contribution in [-0.4, -0.2) is 23.6 Å². The molecule has 0 radical (unpaired) electrons. The van der Waals surface area contributed by atoms with Gasteiger partial charge >= 0.3 is 0 Å². The maximum Gasteiger partial charge on any atom is 0.248 e. The maximum atomic E-state index is 11.6. The number of primary amides is 1. The molecule has 1 saturated heterocycles. The number of nitrogens with one attached hydrogen (secondary N) is 1. The van der Waals surface area contributed by atoms with Crippen LogP contribution in [0.15, 0.2) is 24.3 Å². The Bertz CT molecular complexity index is 493. The SMILES string of the molecule is NC(=O)c1ccc(CC2NC(=O)CCC2=O)cc1. The van der Waals surface area contributed by atoms with Crippen LogP contribution in [0.4, 0.5) is 0 Å². The standard InChI is InChI=1S/C13H14N2O3/c14-13(18)9-3-1-8(2-4-9)7-10-11(16)5-6-12(17)15-10/h1-4,10H,5-7H2,(H2,14,18)(H,15,17). The normalized spacial score (nSPS) is 19.4. The Morgan fingerprint density at radius 1 is 1.22 bits per heavy atom. The molecule has 2 rings (SSSR count). The third kappa shape index (κ3) is 2.74. The molecule has 0 aromatic heterocycles. The summed E-state index contributed by atoms with van der Waals surface area (Å²) in [5.41, 5.74) is 6.46. The van der Waals surface area contributed by atoms with Gasteiger partial charge in [-0.3, -0.25) is 14.4 Å². The monoisotopic (exact) mass is 246 g/mol. The van der Waals surface area contributed by atoms with Crippen molar-refractivity contribution in [1.82, 2.24) is 5.32 Å². The first-order chi connectivity index (χ1) is 8.56. The zero-order valence-corrected chi connectivity index (χ0v) is 9.81. The number of carbonyl (C=O) groups is 3. The molecule has 0 bridgehead atoms. The van der Waals surface area contributed by atoms with Gasteiger partial charge in [0.25, 0.3) is 0 Å². The molecule has 1 aliphatic rings. The summed E-state index contributed by atoms with van der Waals surface area (Å²) in [6.45, 7) is 0. The molecule has 18 heavy (non-hydrogen) atoms. The first-order valence-electron chi connectivity index (χ1n) is 5.77. The highest BCUT2D eigenvalue weighted by Crippen LogP contribution is 2.11. The van der Waals surface area contributed by atoms with Gasteiger partial charge < -0.3 is 11.1 Å². The minimum atomic E-state index is -0.483. The van der Waals surface area contributed by atoms with Crippen molar-refractivity contribution >= 4 is 17.6 Å². The first-order valence-corrected chi connectivity index (χ1v) is 5.77. The fraction of sp³-hybridized carbons (Fsp3) is 0.308. The smallest absolute Gasteiger partial charge is 0.248 e. The van der Waals surface area contributed by atoms with E-state index in [9.17, 15) is 14.4 Å². The van der Waals surface area contributed by atoms with E-state index >= 15 is 0 Å². The third-order valence-corrected chi connectivity index (χ3v) is 3.00. The lowest BCUT2D eigenvalue weighted by Gasteiger charge is -2.22. The molecule has 94 valence electrons. The van der Waals surface area contributed by atoms with Crippen LogP contribution < -0.4 is 11.1 Å². The molecule has 1 aliphatic heterocycles. The predicted octanol–water partition coefficient (Wildman–Crippen LogP) is 0.176. The Kier molecular flexibility index (Phi) is 3.41. The van der Waals surface area contributed by atoms with Crippen molar-refractivity contribution < 1.29 is 14.4 Å². The number of amides is 2. The summed E-state index contributed by atoms with van der Waals surface area (Å²) in [7, 11) is 0. The second-order valence-corrected chi connectivity index (χ2v) is 4.35. The zero-order valence-electron chi connectivity index (χ0n) is 9.81. The van der Waals surface area contributed by atoms with Gasteiger partial charge in [0.1, 0.15) is 0 Å². The largest absolute Gasteiger partial charge is 0.366 e. The minimum Gasteiger partial charge on any atom is -0.366 e. The van der Waals surface area contributed by atoms with E-state index in [-0.39, 0.29) is 18.1 Å². The van der Waals surface area contributed by atoms with Gasteiger partial charge in [0.2, 0.25) is 11.8 Å². The molecular weight excluding hydrogens is 232 g/mol. The lowest BCUT2D eigenvalue weighted by molar-refractivity contribution is -0.132. The molecular formula is C13H14N2O3. The van der Waals surface area contributed by atoms with Crippen molar-refractivity contribution in [2.24, 2.45) is 5.73 Å². The molecule has 0 spiro atoms. The average Bonchev–Trinajstić information content (AvgIpc) is 2.34. The van der Waals surface area contributed by atoms with Crippen molar-refractivity contribution in [3.8, 4) is 0 Å². The Hall–Kier alpha value is -2.17. The third-order valence-electron chi connectivity index (χ3n) is 3.00. The Labute approximate surface area is 104 Å². The number of hydrogen-bond acceptors (Lipinski definition) is 3. The van der Waals surface area contributed by atoms with Crippen molar-refractivity contribution in [3.05, 3.63) is 35.4 Å². The van der Waals surface area contributed by atoms with Gasteiger partial charge in [-0.05, 0) is 24.1 Å². The van der Waals surface area contributed by atoms with E-state index in [4.69, 9.17) is 5.73 Å². The molecule has 5 heteroatoms. The number of ketones is 1. The van der Waals surface area contributed by atoms with Gasteiger partial charge in [-0.1, -0.05) is 12.1 Å². The van der Waals surface area contributed by atoms with Crippen LogP contribution in [0.1, 0.15) is 28.8 Å². The van der Waals surface area contributed by atoms with Crippen molar-refractivity contribution in [2.75, 3.05) is 0 Å². The van der Waals surface area contributed by atoms with E-state index in [0.717, 1.165) is 5.56 Å². The Morgan fingerprint density at radius 2 is 1.89 bits per heavy atom. The number of hydrogen-bond donors (Lipinski definition) is 2. The average molecular weight is 246 g/mol. The summed E-state index contributed by atoms with van der Waals surface area (Å²) in [4.78, 5) is 33.8. The van der Waals surface area contributed by atoms with Gasteiger partial charge in [-0.15, -0.1) is 0 Å². The highest BCUT2D eigenvalue weighted by Gasteiger charge is 2.26. The van der Waals surface area contributed by atoms with Gasteiger partial charge in [0.15, 0.2) is 5.78 Å². The highest BCUT2D eigenvalue weighted by molar-refractivity contribution is 5.95. The summed E-state index contributed by atoms with van der Waals surface area (Å²) >= 11 is 0. The predicted molar refractivity (Wildman–Crippen MR) is 64.8 cm³/mol. The van der Waals surface area contributed by atoms with Gasteiger partial charge in [0, 0.05) is 18.4 Å². The van der Waals surface area contributed by atoms with E-state index in [1.807, 2.05) is 0 Å². The van der Waals surface area contributed by atoms with Crippen LogP contribution >= 0.6 is 0 Å². The molecule has 1 heterocycles. The Balaban J connectivity index is 2.06. The fourth-order valence-electron chi connectivity index (χ4n) is 1.96. The number of benzene rings is 1. The number of nitrogens with two attached hydrogens (primary N) is 1. The molecule has 1 atom stereocenters. The summed E-state index contributed by atoms with van der Waals surface area (Å²) in [6, 6.07) is 6.27. The van der Waals surface area contributed by atoms with E-state index in [0.29, 0.717) is 18.4 Å². The summed E-state index contributed by atoms with van der Waals surface area (Å²) in [5, 5.41) is 2.67. The lowest BCUT2D eigenvalue weighted by Crippen LogP contribution is -2.46. The molecule has 1 aromatic rings. The van der Waals surface area contributed by atoms with Gasteiger partial charge in [0.05, 0.1) is 6.04 Å². The maximum absolute atomic E-state index is 11.6. The highest BCUT2D eigenvalue weighted by atomic mass is 16.2. The summed E-state index contributed by atoms with van der Waals surface area (Å²) in [6.07, 6.45) is 1.02. The van der Waals surface area contributed by atoms with Crippen LogP contribution in [0.5, 0.6) is 0 Å². The van der Waals surface area contributed by atoms with Crippen LogP contribution in [0.2, 0.25) is 0 Å². The van der Waals surface area contributed by atoms with Crippen molar-refractivity contribution in [3.63, 3.8) is 0 Å². The van der Waals surface area contributed by atoms with Crippen molar-refractivity contribution in [1.29, 1.82) is 0 Å². The zero-order chi connectivity index (χ0) is 13.1. The van der Waals surface area contributed by atoms with E-state index < -0.39 is 11.9 Å². The summed E-state index contributed by atoms with van der Waals surface area (Å²) in [5.74, 6) is -0.523. The van der Waals surface area contributed by atoms with Crippen LogP contribution in [-0.2, 0) is 16.0 Å². The van der Waals surface area contributed by atoms with E-state index in [2.05, 4.69) is 5.32 Å². The molecule has 3 N–H and O–H groups in total. The molecule has 0 aliphatic carbocycles. The van der Waals surface area contributed by atoms with Crippen LogP contribution in [0.25, 0.3) is 0 Å². The van der Waals surface area contributed by atoms with E-state index in [1.165, 1.54) is 0 Å². The lowest BCUT2D eigenvalue weighted by atomic mass is 9.96. The minimum absolute atomic E-state index is 0.0496. The first kappa shape index (κ1) is 12.3. The van der Waals surface area contributed by atoms with Crippen LogP contribution in [0.3, 0.4) is 0 Å². The summed E-state index contributed by atoms with van der Waals surface area (Å²) < 4.78 is 0. The number of Topliss-reactive ketones (excluding diaryl/α,β-unsaturated/α-hetero) is 1. The number of rotatable bonds is 3. The second-order valence-electron chi connectivity index (χ2n) is 4.35. The molecule has 5 nitrogen and oxygen atoms in total. The molecule has 1 unspecified atom stereocenters. The number of piperidine rings is 1. The molecule has 0 saturated carbocycles. The Morgan fingerprint density at radius 3 is 2.50 bits per heavy atom. The molecule has 1 aromatic carbocycles. The quantitative estimate of drug-likeness (QED) is 0.797. The second kappa shape index (κ2) is 5.00. The van der Waals surface area contributed by atoms with Crippen molar-refractivity contribution in [2.45, 2.75) is 25.3 Å².